The summed E-state index contributed by atoms with van der Waals surface area (Å²) in [4.78, 5) is 23.0. The van der Waals surface area contributed by atoms with Gasteiger partial charge in [-0.3, -0.25) is 14.5 Å². The maximum absolute atomic E-state index is 11.5. The Morgan fingerprint density at radius 3 is 2.53 bits per heavy atom. The highest BCUT2D eigenvalue weighted by Crippen LogP contribution is 2.17. The summed E-state index contributed by atoms with van der Waals surface area (Å²) in [6.45, 7) is 1.78. The van der Waals surface area contributed by atoms with Crippen molar-refractivity contribution in [2.24, 2.45) is 0 Å². The molecule has 5 heteroatoms. The van der Waals surface area contributed by atoms with Gasteiger partial charge < -0.3 is 9.52 Å². The summed E-state index contributed by atoms with van der Waals surface area (Å²) in [6.07, 6.45) is -0.186. The van der Waals surface area contributed by atoms with E-state index in [1.54, 1.807) is 26.1 Å². The number of nitrogens with zero attached hydrogens (tertiary/aromatic N) is 1. The molecule has 15 heavy (non-hydrogen) atoms. The van der Waals surface area contributed by atoms with Crippen LogP contribution in [-0.4, -0.2) is 24.0 Å². The quantitative estimate of drug-likeness (QED) is 0.817. The Morgan fingerprint density at radius 1 is 1.40 bits per heavy atom. The number of carbonyl (C=O) groups is 2. The van der Waals surface area contributed by atoms with Gasteiger partial charge in [-0.25, -0.2) is 0 Å². The fraction of sp³-hybridized carbons (Fsp3) is 0.400. The normalized spacial score (nSPS) is 10.0. The van der Waals surface area contributed by atoms with Crippen molar-refractivity contribution in [3.8, 4) is 0 Å². The molecule has 1 N–H and O–H groups in total. The van der Waals surface area contributed by atoms with Crippen LogP contribution in [-0.2, 0) is 9.59 Å². The lowest BCUT2D eigenvalue weighted by Gasteiger charge is -2.12. The van der Waals surface area contributed by atoms with Gasteiger partial charge in [0.25, 0.3) is 0 Å². The number of hydrogen-bond acceptors (Lipinski definition) is 3. The molecule has 1 aromatic heterocycles. The Bertz CT molecular complexity index is 369. The molecule has 0 atom stereocenters. The molecule has 0 aliphatic rings. The number of carboxylic acids is 1. The van der Waals surface area contributed by atoms with Gasteiger partial charge in [-0.05, 0) is 13.0 Å². The average molecular weight is 211 g/mol. The Morgan fingerprint density at radius 2 is 2.07 bits per heavy atom. The molecule has 1 heterocycles. The average Bonchev–Trinajstić information content (AvgIpc) is 2.60. The third-order valence-electron chi connectivity index (χ3n) is 1.98. The molecular formula is C10H13NO4. The first-order chi connectivity index (χ1) is 7.00. The number of hydrogen-bond donors (Lipinski definition) is 1. The summed E-state index contributed by atoms with van der Waals surface area (Å²) in [6, 6.07) is 3.42. The summed E-state index contributed by atoms with van der Waals surface area (Å²) in [5, 5.41) is 8.42. The molecule has 0 aliphatic carbocycles. The second-order valence-electron chi connectivity index (χ2n) is 3.23. The van der Waals surface area contributed by atoms with Gasteiger partial charge in [0.2, 0.25) is 11.8 Å². The minimum atomic E-state index is -0.979. The van der Waals surface area contributed by atoms with Gasteiger partial charge in [0, 0.05) is 19.5 Å². The molecule has 1 rings (SSSR count). The fourth-order valence-electron chi connectivity index (χ4n) is 1.11. The van der Waals surface area contributed by atoms with E-state index >= 15 is 0 Å². The van der Waals surface area contributed by atoms with Crippen LogP contribution in [0.4, 0.5) is 5.88 Å². The Kier molecular flexibility index (Phi) is 3.49. The summed E-state index contributed by atoms with van der Waals surface area (Å²) in [7, 11) is 1.56. The predicted molar refractivity (Wildman–Crippen MR) is 53.7 cm³/mol. The minimum Gasteiger partial charge on any atom is -0.481 e. The van der Waals surface area contributed by atoms with E-state index in [1.165, 1.54) is 4.90 Å². The van der Waals surface area contributed by atoms with Crippen LogP contribution in [0, 0.1) is 6.92 Å². The van der Waals surface area contributed by atoms with E-state index in [2.05, 4.69) is 0 Å². The van der Waals surface area contributed by atoms with Crippen LogP contribution in [0.2, 0.25) is 0 Å². The van der Waals surface area contributed by atoms with Crippen molar-refractivity contribution in [3.63, 3.8) is 0 Å². The Hall–Kier alpha value is -1.78. The van der Waals surface area contributed by atoms with E-state index < -0.39 is 5.97 Å². The second-order valence-corrected chi connectivity index (χ2v) is 3.23. The second kappa shape index (κ2) is 4.63. The lowest BCUT2D eigenvalue weighted by atomic mass is 10.3. The van der Waals surface area contributed by atoms with Crippen LogP contribution in [0.5, 0.6) is 0 Å². The zero-order valence-corrected chi connectivity index (χ0v) is 8.69. The summed E-state index contributed by atoms with van der Waals surface area (Å²) < 4.78 is 5.23. The van der Waals surface area contributed by atoms with E-state index in [4.69, 9.17) is 9.52 Å². The number of aryl methyl sites for hydroxylation is 1. The van der Waals surface area contributed by atoms with Crippen LogP contribution < -0.4 is 4.90 Å². The lowest BCUT2D eigenvalue weighted by molar-refractivity contribution is -0.138. The van der Waals surface area contributed by atoms with Crippen molar-refractivity contribution in [1.29, 1.82) is 0 Å². The molecule has 0 bridgehead atoms. The maximum Gasteiger partial charge on any atom is 0.303 e. The summed E-state index contributed by atoms with van der Waals surface area (Å²) in [5.41, 5.74) is 0. The van der Waals surface area contributed by atoms with Crippen molar-refractivity contribution in [3.05, 3.63) is 17.9 Å². The molecule has 0 aliphatic heterocycles. The monoisotopic (exact) mass is 211 g/mol. The van der Waals surface area contributed by atoms with Crippen LogP contribution in [0.25, 0.3) is 0 Å². The van der Waals surface area contributed by atoms with E-state index in [9.17, 15) is 9.59 Å². The van der Waals surface area contributed by atoms with Crippen molar-refractivity contribution in [1.82, 2.24) is 0 Å². The fourth-order valence-corrected chi connectivity index (χ4v) is 1.11. The largest absolute Gasteiger partial charge is 0.481 e. The van der Waals surface area contributed by atoms with Gasteiger partial charge in [-0.2, -0.15) is 0 Å². The van der Waals surface area contributed by atoms with Gasteiger partial charge in [0.15, 0.2) is 0 Å². The Labute approximate surface area is 87.3 Å². The van der Waals surface area contributed by atoms with Crippen LogP contribution in [0.3, 0.4) is 0 Å². The highest BCUT2D eigenvalue weighted by molar-refractivity contribution is 5.93. The van der Waals surface area contributed by atoms with Gasteiger partial charge >= 0.3 is 5.97 Å². The standard InChI is InChI=1S/C10H13NO4/c1-7-3-5-9(15-7)11(2)8(12)4-6-10(13)14/h3,5H,4,6H2,1-2H3,(H,13,14). The number of amides is 1. The molecule has 5 nitrogen and oxygen atoms in total. The molecule has 0 saturated heterocycles. The molecular weight excluding hydrogens is 198 g/mol. The molecule has 0 saturated carbocycles. The molecule has 1 amide bonds. The predicted octanol–water partition coefficient (Wildman–Crippen LogP) is 1.42. The van der Waals surface area contributed by atoms with Crippen LogP contribution >= 0.6 is 0 Å². The van der Waals surface area contributed by atoms with Crippen molar-refractivity contribution < 1.29 is 19.1 Å². The number of anilines is 1. The molecule has 82 valence electrons. The van der Waals surface area contributed by atoms with Gasteiger partial charge in [0.05, 0.1) is 6.42 Å². The molecule has 0 radical (unpaired) electrons. The van der Waals surface area contributed by atoms with Crippen LogP contribution in [0.15, 0.2) is 16.5 Å². The maximum atomic E-state index is 11.5. The number of aliphatic carboxylic acids is 1. The summed E-state index contributed by atoms with van der Waals surface area (Å²) in [5.74, 6) is -0.107. The third kappa shape index (κ3) is 3.12. The number of carbonyl (C=O) groups excluding carboxylic acids is 1. The summed E-state index contributed by atoms with van der Waals surface area (Å²) >= 11 is 0. The number of carboxylic acid groups (broad SMARTS) is 1. The lowest BCUT2D eigenvalue weighted by Crippen LogP contribution is -2.26. The van der Waals surface area contributed by atoms with Gasteiger partial charge in [-0.15, -0.1) is 0 Å². The SMILES string of the molecule is Cc1ccc(N(C)C(=O)CCC(=O)O)o1. The van der Waals surface area contributed by atoms with Crippen molar-refractivity contribution in [2.75, 3.05) is 11.9 Å². The van der Waals surface area contributed by atoms with Gasteiger partial charge in [-0.1, -0.05) is 0 Å². The highest BCUT2D eigenvalue weighted by Gasteiger charge is 2.14. The van der Waals surface area contributed by atoms with E-state index in [0.717, 1.165) is 0 Å². The topological polar surface area (TPSA) is 70.8 Å². The third-order valence-corrected chi connectivity index (χ3v) is 1.98. The van der Waals surface area contributed by atoms with Crippen molar-refractivity contribution in [2.45, 2.75) is 19.8 Å². The molecule has 0 fully saturated rings. The first kappa shape index (κ1) is 11.3. The van der Waals surface area contributed by atoms with Gasteiger partial charge in [0.1, 0.15) is 5.76 Å². The Balaban J connectivity index is 2.56. The van der Waals surface area contributed by atoms with Crippen molar-refractivity contribution >= 4 is 17.8 Å². The zero-order valence-electron chi connectivity index (χ0n) is 8.69. The molecule has 0 aromatic carbocycles. The smallest absolute Gasteiger partial charge is 0.303 e. The first-order valence-corrected chi connectivity index (χ1v) is 4.55. The minimum absolute atomic E-state index is 0.0222. The first-order valence-electron chi connectivity index (χ1n) is 4.55. The number of furan rings is 1. The number of rotatable bonds is 4. The van der Waals surface area contributed by atoms with E-state index in [0.29, 0.717) is 11.6 Å². The van der Waals surface area contributed by atoms with E-state index in [-0.39, 0.29) is 18.7 Å². The highest BCUT2D eigenvalue weighted by atomic mass is 16.4. The van der Waals surface area contributed by atoms with Crippen LogP contribution in [0.1, 0.15) is 18.6 Å². The van der Waals surface area contributed by atoms with E-state index in [1.807, 2.05) is 0 Å². The molecule has 0 spiro atoms. The molecule has 0 unspecified atom stereocenters. The zero-order chi connectivity index (χ0) is 11.4. The molecule has 1 aromatic rings.